The Labute approximate surface area is 132 Å². The lowest BCUT2D eigenvalue weighted by Gasteiger charge is -2.06. The zero-order valence-corrected chi connectivity index (χ0v) is 12.6. The second kappa shape index (κ2) is 6.31. The fourth-order valence-electron chi connectivity index (χ4n) is 2.27. The Morgan fingerprint density at radius 2 is 1.70 bits per heavy atom. The largest absolute Gasteiger partial charge is 0.290 e. The van der Waals surface area contributed by atoms with E-state index >= 15 is 0 Å². The van der Waals surface area contributed by atoms with Gasteiger partial charge in [-0.25, -0.2) is 0 Å². The number of fused-ring (bicyclic) bond motifs is 1. The maximum Gasteiger partial charge on any atom is 0.290 e. The van der Waals surface area contributed by atoms with Crippen LogP contribution in [0.4, 0.5) is 0 Å². The lowest BCUT2D eigenvalue weighted by Crippen LogP contribution is -2.41. The standard InChI is InChI=1S/C17H16N4O2/c1-2-11-7-9-12(10-8-11)16(22)20-21-17(23)15-13-5-3-4-6-14(13)18-19-15/h3-10H,2H2,1H3,(H,18,19)(H,20,22)(H,21,23). The second-order valence-electron chi connectivity index (χ2n) is 5.08. The van der Waals surface area contributed by atoms with Gasteiger partial charge in [-0.2, -0.15) is 5.10 Å². The van der Waals surface area contributed by atoms with Gasteiger partial charge in [-0.3, -0.25) is 25.5 Å². The van der Waals surface area contributed by atoms with Crippen molar-refractivity contribution < 1.29 is 9.59 Å². The molecule has 3 N–H and O–H groups in total. The second-order valence-corrected chi connectivity index (χ2v) is 5.08. The molecule has 116 valence electrons. The lowest BCUT2D eigenvalue weighted by atomic mass is 10.1. The smallest absolute Gasteiger partial charge is 0.277 e. The molecule has 3 aromatic rings. The van der Waals surface area contributed by atoms with Gasteiger partial charge in [0.25, 0.3) is 11.8 Å². The Morgan fingerprint density at radius 1 is 1.00 bits per heavy atom. The molecule has 0 bridgehead atoms. The number of hydrogen-bond donors (Lipinski definition) is 3. The number of carbonyl (C=O) groups excluding carboxylic acids is 2. The summed E-state index contributed by atoms with van der Waals surface area (Å²) >= 11 is 0. The number of hydrogen-bond acceptors (Lipinski definition) is 3. The summed E-state index contributed by atoms with van der Waals surface area (Å²) in [5, 5.41) is 7.46. The molecular formula is C17H16N4O2. The molecule has 0 radical (unpaired) electrons. The molecule has 2 amide bonds. The van der Waals surface area contributed by atoms with E-state index in [1.165, 1.54) is 0 Å². The number of nitrogens with one attached hydrogen (secondary N) is 3. The molecule has 6 heteroatoms. The molecule has 1 heterocycles. The van der Waals surface area contributed by atoms with E-state index in [4.69, 9.17) is 0 Å². The van der Waals surface area contributed by atoms with Gasteiger partial charge in [-0.1, -0.05) is 37.3 Å². The van der Waals surface area contributed by atoms with Gasteiger partial charge in [0.15, 0.2) is 5.69 Å². The van der Waals surface area contributed by atoms with Crippen molar-refractivity contribution >= 4 is 22.7 Å². The number of rotatable bonds is 3. The van der Waals surface area contributed by atoms with Crippen molar-refractivity contribution in [1.82, 2.24) is 21.0 Å². The predicted molar refractivity (Wildman–Crippen MR) is 86.8 cm³/mol. The molecule has 6 nitrogen and oxygen atoms in total. The van der Waals surface area contributed by atoms with Crippen molar-refractivity contribution in [3.63, 3.8) is 0 Å². The van der Waals surface area contributed by atoms with Crippen LogP contribution in [-0.2, 0) is 6.42 Å². The molecule has 0 saturated heterocycles. The maximum absolute atomic E-state index is 12.1. The first kappa shape index (κ1) is 14.8. The third-order valence-electron chi connectivity index (χ3n) is 3.60. The number of benzene rings is 2. The van der Waals surface area contributed by atoms with Gasteiger partial charge in [-0.15, -0.1) is 0 Å². The number of aromatic nitrogens is 2. The van der Waals surface area contributed by atoms with Gasteiger partial charge >= 0.3 is 0 Å². The summed E-state index contributed by atoms with van der Waals surface area (Å²) in [6.07, 6.45) is 0.908. The van der Waals surface area contributed by atoms with Crippen molar-refractivity contribution in [3.05, 3.63) is 65.4 Å². The SMILES string of the molecule is CCc1ccc(C(=O)NNC(=O)c2n[nH]c3ccccc23)cc1. The highest BCUT2D eigenvalue weighted by Crippen LogP contribution is 2.14. The average Bonchev–Trinajstić information content (AvgIpc) is 3.03. The van der Waals surface area contributed by atoms with Crippen LogP contribution in [0.1, 0.15) is 33.3 Å². The fraction of sp³-hybridized carbons (Fsp3) is 0.118. The lowest BCUT2D eigenvalue weighted by molar-refractivity contribution is 0.0845. The van der Waals surface area contributed by atoms with Gasteiger partial charge in [-0.05, 0) is 30.2 Å². The molecule has 0 aliphatic heterocycles. The quantitative estimate of drug-likeness (QED) is 0.648. The molecule has 1 aromatic heterocycles. The van der Waals surface area contributed by atoms with Crippen LogP contribution in [0.2, 0.25) is 0 Å². The van der Waals surface area contributed by atoms with Crippen molar-refractivity contribution in [3.8, 4) is 0 Å². The highest BCUT2D eigenvalue weighted by Gasteiger charge is 2.14. The minimum Gasteiger partial charge on any atom is -0.277 e. The van der Waals surface area contributed by atoms with Gasteiger partial charge in [0.2, 0.25) is 0 Å². The highest BCUT2D eigenvalue weighted by atomic mass is 16.2. The Bertz CT molecular complexity index is 852. The number of aromatic amines is 1. The molecule has 0 unspecified atom stereocenters. The Hall–Kier alpha value is -3.15. The topological polar surface area (TPSA) is 86.9 Å². The Kier molecular flexibility index (Phi) is 4.05. The summed E-state index contributed by atoms with van der Waals surface area (Å²) in [5.74, 6) is -0.846. The van der Waals surface area contributed by atoms with E-state index in [0.717, 1.165) is 17.5 Å². The first-order chi connectivity index (χ1) is 11.2. The van der Waals surface area contributed by atoms with Crippen LogP contribution >= 0.6 is 0 Å². The average molecular weight is 308 g/mol. The summed E-state index contributed by atoms with van der Waals surface area (Å²) in [5.41, 5.74) is 7.41. The zero-order chi connectivity index (χ0) is 16.2. The van der Waals surface area contributed by atoms with E-state index in [-0.39, 0.29) is 11.6 Å². The molecule has 0 aliphatic rings. The van der Waals surface area contributed by atoms with Crippen LogP contribution in [0, 0.1) is 0 Å². The molecule has 0 saturated carbocycles. The highest BCUT2D eigenvalue weighted by molar-refractivity contribution is 6.05. The Morgan fingerprint density at radius 3 is 2.43 bits per heavy atom. The number of para-hydroxylation sites is 1. The minimum absolute atomic E-state index is 0.238. The first-order valence-electron chi connectivity index (χ1n) is 7.31. The van der Waals surface area contributed by atoms with E-state index in [9.17, 15) is 9.59 Å². The van der Waals surface area contributed by atoms with Gasteiger partial charge in [0.1, 0.15) is 0 Å². The summed E-state index contributed by atoms with van der Waals surface area (Å²) in [6, 6.07) is 14.5. The summed E-state index contributed by atoms with van der Waals surface area (Å²) in [7, 11) is 0. The van der Waals surface area contributed by atoms with Crippen LogP contribution in [0.25, 0.3) is 10.9 Å². The molecule has 23 heavy (non-hydrogen) atoms. The van der Waals surface area contributed by atoms with Gasteiger partial charge in [0.05, 0.1) is 5.52 Å². The third kappa shape index (κ3) is 3.06. The van der Waals surface area contributed by atoms with Crippen molar-refractivity contribution in [2.24, 2.45) is 0 Å². The molecule has 0 spiro atoms. The monoisotopic (exact) mass is 308 g/mol. The van der Waals surface area contributed by atoms with Crippen molar-refractivity contribution in [2.45, 2.75) is 13.3 Å². The van der Waals surface area contributed by atoms with Crippen molar-refractivity contribution in [1.29, 1.82) is 0 Å². The summed E-state index contributed by atoms with van der Waals surface area (Å²) < 4.78 is 0. The molecule has 0 aliphatic carbocycles. The maximum atomic E-state index is 12.1. The number of carbonyl (C=O) groups is 2. The van der Waals surface area contributed by atoms with Crippen LogP contribution in [0.5, 0.6) is 0 Å². The summed E-state index contributed by atoms with van der Waals surface area (Å²) in [4.78, 5) is 24.2. The van der Waals surface area contributed by atoms with Crippen LogP contribution in [-0.4, -0.2) is 22.0 Å². The number of aryl methyl sites for hydroxylation is 1. The molecule has 0 fully saturated rings. The van der Waals surface area contributed by atoms with Crippen LogP contribution in [0.15, 0.2) is 48.5 Å². The normalized spacial score (nSPS) is 10.5. The zero-order valence-electron chi connectivity index (χ0n) is 12.6. The number of amides is 2. The van der Waals surface area contributed by atoms with Gasteiger partial charge in [0, 0.05) is 10.9 Å². The van der Waals surface area contributed by atoms with E-state index in [2.05, 4.69) is 21.0 Å². The number of hydrazine groups is 1. The first-order valence-corrected chi connectivity index (χ1v) is 7.31. The van der Waals surface area contributed by atoms with E-state index in [1.54, 1.807) is 18.2 Å². The van der Waals surface area contributed by atoms with E-state index in [1.807, 2.05) is 37.3 Å². The fourth-order valence-corrected chi connectivity index (χ4v) is 2.27. The van der Waals surface area contributed by atoms with Gasteiger partial charge < -0.3 is 0 Å². The van der Waals surface area contributed by atoms with E-state index < -0.39 is 5.91 Å². The Balaban J connectivity index is 1.67. The third-order valence-corrected chi connectivity index (χ3v) is 3.60. The molecule has 3 rings (SSSR count). The predicted octanol–water partition coefficient (Wildman–Crippen LogP) is 2.20. The summed E-state index contributed by atoms with van der Waals surface area (Å²) in [6.45, 7) is 2.05. The molecule has 0 atom stereocenters. The van der Waals surface area contributed by atoms with Crippen LogP contribution in [0.3, 0.4) is 0 Å². The number of nitrogens with zero attached hydrogens (tertiary/aromatic N) is 1. The number of H-pyrrole nitrogens is 1. The van der Waals surface area contributed by atoms with Crippen LogP contribution < -0.4 is 10.9 Å². The molecule has 2 aromatic carbocycles. The van der Waals surface area contributed by atoms with E-state index in [0.29, 0.717) is 10.9 Å². The molecular weight excluding hydrogens is 292 g/mol. The minimum atomic E-state index is -0.471. The van der Waals surface area contributed by atoms with Crippen molar-refractivity contribution in [2.75, 3.05) is 0 Å².